The summed E-state index contributed by atoms with van der Waals surface area (Å²) in [6.07, 6.45) is 2.91. The van der Waals surface area contributed by atoms with Gasteiger partial charge in [-0.25, -0.2) is 8.42 Å². The Morgan fingerprint density at radius 1 is 1.38 bits per heavy atom. The van der Waals surface area contributed by atoms with E-state index in [4.69, 9.17) is 11.6 Å². The lowest BCUT2D eigenvalue weighted by Gasteiger charge is -2.31. The molecule has 118 valence electrons. The zero-order valence-electron chi connectivity index (χ0n) is 12.0. The van der Waals surface area contributed by atoms with Gasteiger partial charge >= 0.3 is 0 Å². The molecule has 1 heterocycles. The highest BCUT2D eigenvalue weighted by Gasteiger charge is 2.32. The van der Waals surface area contributed by atoms with Gasteiger partial charge in [-0.2, -0.15) is 4.31 Å². The Balaban J connectivity index is 2.12. The van der Waals surface area contributed by atoms with Gasteiger partial charge < -0.3 is 5.32 Å². The van der Waals surface area contributed by atoms with E-state index in [9.17, 15) is 8.42 Å². The lowest BCUT2D eigenvalue weighted by atomic mass is 9.95. The summed E-state index contributed by atoms with van der Waals surface area (Å²) >= 11 is 9.38. The second-order valence-electron chi connectivity index (χ2n) is 5.29. The van der Waals surface area contributed by atoms with E-state index >= 15 is 0 Å². The minimum atomic E-state index is -3.53. The van der Waals surface area contributed by atoms with Crippen molar-refractivity contribution in [2.75, 3.05) is 26.7 Å². The second-order valence-corrected chi connectivity index (χ2v) is 8.43. The van der Waals surface area contributed by atoms with Crippen molar-refractivity contribution in [3.05, 3.63) is 27.7 Å². The molecule has 0 unspecified atom stereocenters. The highest BCUT2D eigenvalue weighted by atomic mass is 79.9. The van der Waals surface area contributed by atoms with Gasteiger partial charge in [-0.3, -0.25) is 0 Å². The minimum Gasteiger partial charge on any atom is -0.320 e. The van der Waals surface area contributed by atoms with Gasteiger partial charge in [0.05, 0.1) is 5.02 Å². The van der Waals surface area contributed by atoms with Gasteiger partial charge in [-0.15, -0.1) is 0 Å². The van der Waals surface area contributed by atoms with Crippen LogP contribution in [0.25, 0.3) is 0 Å². The molecule has 1 aliphatic heterocycles. The fourth-order valence-electron chi connectivity index (χ4n) is 2.64. The van der Waals surface area contributed by atoms with Crippen LogP contribution in [0.1, 0.15) is 19.3 Å². The Hall–Kier alpha value is -0.140. The van der Waals surface area contributed by atoms with Crippen molar-refractivity contribution in [1.29, 1.82) is 0 Å². The first-order chi connectivity index (χ1) is 9.96. The van der Waals surface area contributed by atoms with Crippen molar-refractivity contribution in [2.45, 2.75) is 24.2 Å². The van der Waals surface area contributed by atoms with Crippen LogP contribution in [0.2, 0.25) is 5.02 Å². The van der Waals surface area contributed by atoms with Crippen molar-refractivity contribution >= 4 is 37.6 Å². The molecule has 0 atom stereocenters. The van der Waals surface area contributed by atoms with Crippen LogP contribution in [0.5, 0.6) is 0 Å². The Morgan fingerprint density at radius 2 is 2.05 bits per heavy atom. The lowest BCUT2D eigenvalue weighted by molar-refractivity contribution is 0.263. The molecule has 0 aliphatic carbocycles. The molecule has 1 fully saturated rings. The van der Waals surface area contributed by atoms with Gasteiger partial charge in [-0.05, 0) is 66.8 Å². The van der Waals surface area contributed by atoms with Crippen LogP contribution in [0.3, 0.4) is 0 Å². The summed E-state index contributed by atoms with van der Waals surface area (Å²) < 4.78 is 27.6. The van der Waals surface area contributed by atoms with E-state index in [2.05, 4.69) is 21.2 Å². The summed E-state index contributed by atoms with van der Waals surface area (Å²) in [5.74, 6) is 0.596. The topological polar surface area (TPSA) is 49.4 Å². The SMILES string of the molecule is CNCCC1CCN(S(=O)(=O)c2c(Cl)cccc2Br)CC1. The second kappa shape index (κ2) is 7.42. The van der Waals surface area contributed by atoms with Crippen LogP contribution < -0.4 is 5.32 Å². The third kappa shape index (κ3) is 3.99. The highest BCUT2D eigenvalue weighted by Crippen LogP contribution is 2.33. The average Bonchev–Trinajstić information content (AvgIpc) is 2.45. The van der Waals surface area contributed by atoms with Gasteiger partial charge in [0.15, 0.2) is 0 Å². The molecule has 1 saturated heterocycles. The van der Waals surface area contributed by atoms with Crippen LogP contribution in [0.4, 0.5) is 0 Å². The quantitative estimate of drug-likeness (QED) is 0.833. The molecule has 7 heteroatoms. The molecule has 1 aromatic carbocycles. The van der Waals surface area contributed by atoms with E-state index in [0.717, 1.165) is 25.8 Å². The summed E-state index contributed by atoms with van der Waals surface area (Å²) in [6, 6.07) is 5.05. The van der Waals surface area contributed by atoms with Crippen molar-refractivity contribution in [3.8, 4) is 0 Å². The monoisotopic (exact) mass is 394 g/mol. The molecule has 2 rings (SSSR count). The largest absolute Gasteiger partial charge is 0.320 e. The molecular weight excluding hydrogens is 376 g/mol. The Kier molecular flexibility index (Phi) is 6.08. The predicted molar refractivity (Wildman–Crippen MR) is 89.2 cm³/mol. The maximum absolute atomic E-state index is 12.7. The van der Waals surface area contributed by atoms with Gasteiger partial charge in [-0.1, -0.05) is 17.7 Å². The van der Waals surface area contributed by atoms with E-state index in [0.29, 0.717) is 23.5 Å². The van der Waals surface area contributed by atoms with E-state index < -0.39 is 10.0 Å². The molecule has 0 aromatic heterocycles. The lowest BCUT2D eigenvalue weighted by Crippen LogP contribution is -2.39. The average molecular weight is 396 g/mol. The standard InChI is InChI=1S/C14H20BrClN2O2S/c1-17-8-5-11-6-9-18(10-7-11)21(19,20)14-12(15)3-2-4-13(14)16/h2-4,11,17H,5-10H2,1H3. The van der Waals surface area contributed by atoms with Crippen LogP contribution in [-0.2, 0) is 10.0 Å². The molecule has 0 radical (unpaired) electrons. The van der Waals surface area contributed by atoms with Crippen molar-refractivity contribution < 1.29 is 8.42 Å². The van der Waals surface area contributed by atoms with E-state index in [1.165, 1.54) is 0 Å². The highest BCUT2D eigenvalue weighted by molar-refractivity contribution is 9.10. The third-order valence-electron chi connectivity index (χ3n) is 3.89. The molecule has 0 amide bonds. The van der Waals surface area contributed by atoms with Crippen LogP contribution in [0.15, 0.2) is 27.6 Å². The minimum absolute atomic E-state index is 0.181. The summed E-state index contributed by atoms with van der Waals surface area (Å²) in [5, 5.41) is 3.41. The number of nitrogens with zero attached hydrogens (tertiary/aromatic N) is 1. The number of hydrogen-bond donors (Lipinski definition) is 1. The Morgan fingerprint density at radius 3 is 2.62 bits per heavy atom. The summed E-state index contributed by atoms with van der Waals surface area (Å²) in [5.41, 5.74) is 0. The predicted octanol–water partition coefficient (Wildman–Crippen LogP) is 3.11. The van der Waals surface area contributed by atoms with E-state index in [1.54, 1.807) is 22.5 Å². The third-order valence-corrected chi connectivity index (χ3v) is 7.24. The van der Waals surface area contributed by atoms with Gasteiger partial charge in [0.1, 0.15) is 4.90 Å². The van der Waals surface area contributed by atoms with Crippen LogP contribution in [-0.4, -0.2) is 39.4 Å². The van der Waals surface area contributed by atoms with Crippen molar-refractivity contribution in [2.24, 2.45) is 5.92 Å². The van der Waals surface area contributed by atoms with Gasteiger partial charge in [0.2, 0.25) is 10.0 Å². The Bertz CT molecular complexity index is 566. The maximum Gasteiger partial charge on any atom is 0.245 e. The van der Waals surface area contributed by atoms with Gasteiger partial charge in [0.25, 0.3) is 0 Å². The number of rotatable bonds is 5. The number of halogens is 2. The Labute approximate surface area is 140 Å². The maximum atomic E-state index is 12.7. The summed E-state index contributed by atoms with van der Waals surface area (Å²) in [6.45, 7) is 2.11. The zero-order valence-corrected chi connectivity index (χ0v) is 15.1. The number of nitrogens with one attached hydrogen (secondary N) is 1. The normalized spacial score (nSPS) is 18.0. The number of sulfonamides is 1. The molecule has 0 spiro atoms. The first kappa shape index (κ1) is 17.2. The molecule has 1 aromatic rings. The fraction of sp³-hybridized carbons (Fsp3) is 0.571. The number of piperidine rings is 1. The van der Waals surface area contributed by atoms with E-state index in [-0.39, 0.29) is 9.92 Å². The van der Waals surface area contributed by atoms with E-state index in [1.807, 2.05) is 7.05 Å². The first-order valence-corrected chi connectivity index (χ1v) is 9.66. The molecule has 4 nitrogen and oxygen atoms in total. The molecule has 0 bridgehead atoms. The number of benzene rings is 1. The zero-order chi connectivity index (χ0) is 15.5. The molecule has 1 aliphatic rings. The number of hydrogen-bond acceptors (Lipinski definition) is 3. The smallest absolute Gasteiger partial charge is 0.245 e. The van der Waals surface area contributed by atoms with Crippen LogP contribution >= 0.6 is 27.5 Å². The molecular formula is C14H20BrClN2O2S. The summed E-state index contributed by atoms with van der Waals surface area (Å²) in [4.78, 5) is 0.181. The molecule has 0 saturated carbocycles. The fourth-order valence-corrected chi connectivity index (χ4v) is 5.78. The van der Waals surface area contributed by atoms with Crippen molar-refractivity contribution in [3.63, 3.8) is 0 Å². The van der Waals surface area contributed by atoms with Crippen LogP contribution in [0, 0.1) is 5.92 Å². The summed E-state index contributed by atoms with van der Waals surface area (Å²) in [7, 11) is -1.59. The first-order valence-electron chi connectivity index (χ1n) is 7.05. The van der Waals surface area contributed by atoms with Crippen molar-refractivity contribution in [1.82, 2.24) is 9.62 Å². The molecule has 21 heavy (non-hydrogen) atoms. The van der Waals surface area contributed by atoms with Gasteiger partial charge in [0, 0.05) is 17.6 Å². The molecule has 1 N–H and O–H groups in total.